The zero-order valence-electron chi connectivity index (χ0n) is 16.8. The molecule has 0 radical (unpaired) electrons. The number of carbonyl (C=O) groups excluding carboxylic acids is 1. The summed E-state index contributed by atoms with van der Waals surface area (Å²) in [5.74, 6) is 1.19. The molecular formula is C23H25N3O2S. The predicted octanol–water partition coefficient (Wildman–Crippen LogP) is 4.14. The van der Waals surface area contributed by atoms with Crippen LogP contribution in [0.1, 0.15) is 40.7 Å². The molecule has 0 N–H and O–H groups in total. The highest BCUT2D eigenvalue weighted by Crippen LogP contribution is 2.40. The van der Waals surface area contributed by atoms with Crippen LogP contribution in [0, 0.1) is 0 Å². The molecule has 1 amide bonds. The highest BCUT2D eigenvalue weighted by atomic mass is 32.1. The number of carbonyl (C=O) groups is 1. The molecule has 5 nitrogen and oxygen atoms in total. The van der Waals surface area contributed by atoms with Gasteiger partial charge in [0.25, 0.3) is 5.91 Å². The lowest BCUT2D eigenvalue weighted by atomic mass is 9.96. The fourth-order valence-corrected chi connectivity index (χ4v) is 5.22. The van der Waals surface area contributed by atoms with Gasteiger partial charge in [-0.25, -0.2) is 4.98 Å². The first-order chi connectivity index (χ1) is 14.1. The zero-order valence-corrected chi connectivity index (χ0v) is 17.6. The summed E-state index contributed by atoms with van der Waals surface area (Å²) >= 11 is 1.76. The van der Waals surface area contributed by atoms with Crippen molar-refractivity contribution in [1.29, 1.82) is 0 Å². The largest absolute Gasteiger partial charge is 0.489 e. The summed E-state index contributed by atoms with van der Waals surface area (Å²) in [4.78, 5) is 22.3. The average molecular weight is 408 g/mol. The number of aromatic nitrogens is 1. The Morgan fingerprint density at radius 1 is 1.10 bits per heavy atom. The SMILES string of the molecule is C[C@@H]1c2cccc(C(=O)N3CCN(Cc4nc5ccccc5s4)CC3)c2O[C@@H]1C. The van der Waals surface area contributed by atoms with Gasteiger partial charge in [-0.15, -0.1) is 11.3 Å². The minimum Gasteiger partial charge on any atom is -0.489 e. The Hall–Kier alpha value is -2.44. The molecule has 0 saturated carbocycles. The number of nitrogens with zero attached hydrogens (tertiary/aromatic N) is 3. The maximum Gasteiger partial charge on any atom is 0.257 e. The van der Waals surface area contributed by atoms with E-state index in [1.807, 2.05) is 23.1 Å². The lowest BCUT2D eigenvalue weighted by Gasteiger charge is -2.34. The van der Waals surface area contributed by atoms with E-state index >= 15 is 0 Å². The third-order valence-electron chi connectivity index (χ3n) is 6.13. The number of hydrogen-bond donors (Lipinski definition) is 0. The Kier molecular flexibility index (Phi) is 4.76. The van der Waals surface area contributed by atoms with E-state index in [2.05, 4.69) is 43.0 Å². The summed E-state index contributed by atoms with van der Waals surface area (Å²) in [6.45, 7) is 8.28. The minimum atomic E-state index is 0.0859. The smallest absolute Gasteiger partial charge is 0.257 e. The van der Waals surface area contributed by atoms with Crippen LogP contribution in [0.5, 0.6) is 5.75 Å². The van der Waals surface area contributed by atoms with Crippen molar-refractivity contribution in [3.05, 3.63) is 58.6 Å². The van der Waals surface area contributed by atoms with Gasteiger partial charge in [-0.2, -0.15) is 0 Å². The van der Waals surface area contributed by atoms with Crippen LogP contribution < -0.4 is 4.74 Å². The first-order valence-electron chi connectivity index (χ1n) is 10.3. The molecule has 2 atom stereocenters. The first-order valence-corrected chi connectivity index (χ1v) is 11.1. The molecule has 29 heavy (non-hydrogen) atoms. The molecule has 0 spiro atoms. The number of ether oxygens (including phenoxy) is 1. The molecule has 1 fully saturated rings. The van der Waals surface area contributed by atoms with Crippen molar-refractivity contribution in [2.24, 2.45) is 0 Å². The van der Waals surface area contributed by atoms with Gasteiger partial charge < -0.3 is 9.64 Å². The molecule has 5 rings (SSSR count). The van der Waals surface area contributed by atoms with Crippen LogP contribution in [0.15, 0.2) is 42.5 Å². The molecule has 0 bridgehead atoms. The molecule has 2 aromatic carbocycles. The van der Waals surface area contributed by atoms with E-state index in [1.54, 1.807) is 11.3 Å². The number of fused-ring (bicyclic) bond motifs is 2. The Balaban J connectivity index is 1.25. The lowest BCUT2D eigenvalue weighted by molar-refractivity contribution is 0.0623. The molecule has 1 saturated heterocycles. The average Bonchev–Trinajstić information content (AvgIpc) is 3.28. The third kappa shape index (κ3) is 3.40. The molecule has 1 aromatic heterocycles. The summed E-state index contributed by atoms with van der Waals surface area (Å²) in [6.07, 6.45) is 0.115. The monoisotopic (exact) mass is 407 g/mol. The van der Waals surface area contributed by atoms with Crippen LogP contribution in [-0.4, -0.2) is 53.0 Å². The van der Waals surface area contributed by atoms with Crippen molar-refractivity contribution in [1.82, 2.24) is 14.8 Å². The van der Waals surface area contributed by atoms with E-state index in [4.69, 9.17) is 9.72 Å². The second kappa shape index (κ2) is 7.43. The van der Waals surface area contributed by atoms with E-state index in [0.29, 0.717) is 11.5 Å². The summed E-state index contributed by atoms with van der Waals surface area (Å²) in [7, 11) is 0. The molecule has 3 aromatic rings. The van der Waals surface area contributed by atoms with Crippen molar-refractivity contribution in [2.75, 3.05) is 26.2 Å². The number of para-hydroxylation sites is 2. The van der Waals surface area contributed by atoms with Crippen LogP contribution in [0.25, 0.3) is 10.2 Å². The maximum absolute atomic E-state index is 13.2. The fraction of sp³-hybridized carbons (Fsp3) is 0.391. The molecular weight excluding hydrogens is 382 g/mol. The second-order valence-electron chi connectivity index (χ2n) is 7.98. The molecule has 3 heterocycles. The van der Waals surface area contributed by atoms with Gasteiger partial charge in [0.2, 0.25) is 0 Å². The second-order valence-corrected chi connectivity index (χ2v) is 9.09. The fourth-order valence-electron chi connectivity index (χ4n) is 4.21. The van der Waals surface area contributed by atoms with Gasteiger partial charge in [0.1, 0.15) is 16.9 Å². The van der Waals surface area contributed by atoms with Crippen LogP contribution >= 0.6 is 11.3 Å². The van der Waals surface area contributed by atoms with Gasteiger partial charge in [-0.3, -0.25) is 9.69 Å². The number of benzene rings is 2. The van der Waals surface area contributed by atoms with Gasteiger partial charge in [0, 0.05) is 37.7 Å². The van der Waals surface area contributed by atoms with Crippen LogP contribution in [0.3, 0.4) is 0 Å². The Labute approximate surface area is 174 Å². The van der Waals surface area contributed by atoms with E-state index < -0.39 is 0 Å². The van der Waals surface area contributed by atoms with Gasteiger partial charge in [-0.1, -0.05) is 31.2 Å². The molecule has 0 unspecified atom stereocenters. The van der Waals surface area contributed by atoms with Crippen molar-refractivity contribution in [3.8, 4) is 5.75 Å². The summed E-state index contributed by atoms with van der Waals surface area (Å²) in [5.41, 5.74) is 2.93. The van der Waals surface area contributed by atoms with Gasteiger partial charge in [0.15, 0.2) is 0 Å². The summed E-state index contributed by atoms with van der Waals surface area (Å²) in [6, 6.07) is 14.2. The maximum atomic E-state index is 13.2. The Morgan fingerprint density at radius 2 is 1.90 bits per heavy atom. The normalized spacial score (nSPS) is 21.9. The molecule has 0 aliphatic carbocycles. The number of hydrogen-bond acceptors (Lipinski definition) is 5. The van der Waals surface area contributed by atoms with E-state index in [-0.39, 0.29) is 12.0 Å². The van der Waals surface area contributed by atoms with Crippen LogP contribution in [0.2, 0.25) is 0 Å². The number of amides is 1. The minimum absolute atomic E-state index is 0.0859. The van der Waals surface area contributed by atoms with Crippen molar-refractivity contribution >= 4 is 27.5 Å². The van der Waals surface area contributed by atoms with Crippen molar-refractivity contribution in [2.45, 2.75) is 32.4 Å². The number of thiazole rings is 1. The molecule has 2 aliphatic rings. The number of piperazine rings is 1. The van der Waals surface area contributed by atoms with E-state index in [0.717, 1.165) is 54.6 Å². The molecule has 150 valence electrons. The first kappa shape index (κ1) is 18.6. The molecule has 6 heteroatoms. The van der Waals surface area contributed by atoms with Crippen molar-refractivity contribution < 1.29 is 9.53 Å². The zero-order chi connectivity index (χ0) is 20.0. The standard InChI is InChI=1S/C23H25N3O2S/c1-15-16(2)28-22-17(15)6-5-7-18(22)23(27)26-12-10-25(11-13-26)14-21-24-19-8-3-4-9-20(19)29-21/h3-9,15-16H,10-14H2,1-2H3/t15-,16+/m0/s1. The quantitative estimate of drug-likeness (QED) is 0.655. The lowest BCUT2D eigenvalue weighted by Crippen LogP contribution is -2.48. The highest BCUT2D eigenvalue weighted by molar-refractivity contribution is 7.18. The van der Waals surface area contributed by atoms with Gasteiger partial charge >= 0.3 is 0 Å². The predicted molar refractivity (Wildman–Crippen MR) is 116 cm³/mol. The van der Waals surface area contributed by atoms with Crippen LogP contribution in [0.4, 0.5) is 0 Å². The summed E-state index contributed by atoms with van der Waals surface area (Å²) in [5, 5.41) is 1.14. The van der Waals surface area contributed by atoms with E-state index in [9.17, 15) is 4.79 Å². The summed E-state index contributed by atoms with van der Waals surface area (Å²) < 4.78 is 7.26. The molecule has 2 aliphatic heterocycles. The van der Waals surface area contributed by atoms with Crippen molar-refractivity contribution in [3.63, 3.8) is 0 Å². The Morgan fingerprint density at radius 3 is 2.69 bits per heavy atom. The van der Waals surface area contributed by atoms with Gasteiger partial charge in [-0.05, 0) is 25.1 Å². The van der Waals surface area contributed by atoms with Gasteiger partial charge in [0.05, 0.1) is 22.3 Å². The highest BCUT2D eigenvalue weighted by Gasteiger charge is 2.33. The number of rotatable bonds is 3. The topological polar surface area (TPSA) is 45.7 Å². The third-order valence-corrected chi connectivity index (χ3v) is 7.15. The van der Waals surface area contributed by atoms with Crippen LogP contribution in [-0.2, 0) is 6.54 Å². The van der Waals surface area contributed by atoms with E-state index in [1.165, 1.54) is 4.70 Å². The Bertz CT molecular complexity index is 1020.